The third kappa shape index (κ3) is 5.07. The van der Waals surface area contributed by atoms with Gasteiger partial charge >= 0.3 is 0 Å². The fourth-order valence-corrected chi connectivity index (χ4v) is 5.09. The van der Waals surface area contributed by atoms with Crippen molar-refractivity contribution in [1.29, 1.82) is 0 Å². The second kappa shape index (κ2) is 8.26. The number of nitrogens with zero attached hydrogens (tertiary/aromatic N) is 2. The van der Waals surface area contributed by atoms with E-state index < -0.39 is 10.0 Å². The van der Waals surface area contributed by atoms with Crippen molar-refractivity contribution in [2.45, 2.75) is 26.2 Å². The molecule has 2 aromatic rings. The lowest BCUT2D eigenvalue weighted by Gasteiger charge is -2.29. The van der Waals surface area contributed by atoms with Crippen LogP contribution in [0, 0.1) is 12.8 Å². The Hall–Kier alpha value is -1.48. The highest BCUT2D eigenvalue weighted by atomic mass is 35.5. The Labute approximate surface area is 168 Å². The standard InChI is InChI=1S/C18H22ClN3O3S2/c1-12-5-3-6-13(16(12)19)9-15-10-20-18(26-15)21-17(23)14-7-4-8-22(11-14)27(2,24)25/h3,5-6,10,14H,4,7-9,11H2,1-2H3,(H,20,21,23). The largest absolute Gasteiger partial charge is 0.302 e. The summed E-state index contributed by atoms with van der Waals surface area (Å²) in [7, 11) is -3.28. The summed E-state index contributed by atoms with van der Waals surface area (Å²) < 4.78 is 24.8. The Kier molecular flexibility index (Phi) is 6.20. The maximum atomic E-state index is 12.5. The number of aromatic nitrogens is 1. The van der Waals surface area contributed by atoms with Crippen molar-refractivity contribution in [2.75, 3.05) is 24.7 Å². The van der Waals surface area contributed by atoms with Crippen molar-refractivity contribution in [3.05, 3.63) is 45.4 Å². The van der Waals surface area contributed by atoms with E-state index >= 15 is 0 Å². The molecule has 27 heavy (non-hydrogen) atoms. The van der Waals surface area contributed by atoms with Gasteiger partial charge < -0.3 is 5.32 Å². The number of thiazole rings is 1. The van der Waals surface area contributed by atoms with Gasteiger partial charge in [0, 0.05) is 35.6 Å². The normalized spacial score (nSPS) is 18.4. The molecule has 146 valence electrons. The van der Waals surface area contributed by atoms with Crippen LogP contribution in [0.1, 0.15) is 28.8 Å². The molecule has 6 nitrogen and oxygen atoms in total. The molecule has 0 saturated carbocycles. The molecule has 0 bridgehead atoms. The highest BCUT2D eigenvalue weighted by Gasteiger charge is 2.30. The van der Waals surface area contributed by atoms with Gasteiger partial charge in [-0.2, -0.15) is 0 Å². The molecule has 3 rings (SSSR count). The van der Waals surface area contributed by atoms with E-state index in [0.717, 1.165) is 21.0 Å². The first-order valence-electron chi connectivity index (χ1n) is 8.68. The summed E-state index contributed by atoms with van der Waals surface area (Å²) in [4.78, 5) is 17.8. The first-order chi connectivity index (χ1) is 12.7. The zero-order valence-electron chi connectivity index (χ0n) is 15.2. The SMILES string of the molecule is Cc1cccc(Cc2cnc(NC(=O)C3CCCN(S(C)(=O)=O)C3)s2)c1Cl. The van der Waals surface area contributed by atoms with Crippen LogP contribution in [0.3, 0.4) is 0 Å². The second-order valence-electron chi connectivity index (χ2n) is 6.81. The lowest BCUT2D eigenvalue weighted by atomic mass is 9.99. The highest BCUT2D eigenvalue weighted by molar-refractivity contribution is 7.88. The summed E-state index contributed by atoms with van der Waals surface area (Å²) in [5.74, 6) is -0.537. The molecule has 1 aromatic heterocycles. The Morgan fingerprint density at radius 3 is 2.96 bits per heavy atom. The van der Waals surface area contributed by atoms with E-state index in [4.69, 9.17) is 11.6 Å². The van der Waals surface area contributed by atoms with Crippen molar-refractivity contribution in [3.8, 4) is 0 Å². The fraction of sp³-hybridized carbons (Fsp3) is 0.444. The molecule has 1 fully saturated rings. The molecule has 1 N–H and O–H groups in total. The number of carbonyl (C=O) groups is 1. The van der Waals surface area contributed by atoms with Gasteiger partial charge in [-0.05, 0) is 30.9 Å². The topological polar surface area (TPSA) is 79.4 Å². The van der Waals surface area contributed by atoms with Crippen molar-refractivity contribution >= 4 is 44.0 Å². The van der Waals surface area contributed by atoms with Gasteiger partial charge in [-0.1, -0.05) is 29.8 Å². The van der Waals surface area contributed by atoms with E-state index in [1.807, 2.05) is 25.1 Å². The predicted octanol–water partition coefficient (Wildman–Crippen LogP) is 3.31. The lowest BCUT2D eigenvalue weighted by molar-refractivity contribution is -0.120. The molecular weight excluding hydrogens is 406 g/mol. The third-order valence-electron chi connectivity index (χ3n) is 4.64. The monoisotopic (exact) mass is 427 g/mol. The zero-order chi connectivity index (χ0) is 19.6. The molecule has 0 aliphatic carbocycles. The van der Waals surface area contributed by atoms with Crippen LogP contribution in [0.4, 0.5) is 5.13 Å². The van der Waals surface area contributed by atoms with E-state index in [1.54, 1.807) is 6.20 Å². The average Bonchev–Trinajstić information content (AvgIpc) is 3.05. The molecule has 1 unspecified atom stereocenters. The molecule has 2 heterocycles. The molecule has 0 spiro atoms. The van der Waals surface area contributed by atoms with Crippen molar-refractivity contribution in [2.24, 2.45) is 5.92 Å². The third-order valence-corrected chi connectivity index (χ3v) is 7.37. The molecule has 1 amide bonds. The van der Waals surface area contributed by atoms with Crippen LogP contribution in [0.25, 0.3) is 0 Å². The molecule has 9 heteroatoms. The average molecular weight is 428 g/mol. The first kappa shape index (κ1) is 20.3. The van der Waals surface area contributed by atoms with Crippen molar-refractivity contribution in [1.82, 2.24) is 9.29 Å². The van der Waals surface area contributed by atoms with E-state index in [-0.39, 0.29) is 18.4 Å². The van der Waals surface area contributed by atoms with Crippen molar-refractivity contribution in [3.63, 3.8) is 0 Å². The molecule has 1 aromatic carbocycles. The Morgan fingerprint density at radius 2 is 2.22 bits per heavy atom. The second-order valence-corrected chi connectivity index (χ2v) is 10.3. The number of piperidine rings is 1. The van der Waals surface area contributed by atoms with Gasteiger partial charge in [0.25, 0.3) is 0 Å². The Bertz CT molecular complexity index is 943. The van der Waals surface area contributed by atoms with Gasteiger partial charge in [0.1, 0.15) is 0 Å². The van der Waals surface area contributed by atoms with Gasteiger partial charge in [0.05, 0.1) is 12.2 Å². The van der Waals surface area contributed by atoms with Gasteiger partial charge in [0.15, 0.2) is 5.13 Å². The number of hydrogen-bond donors (Lipinski definition) is 1. The maximum Gasteiger partial charge on any atom is 0.230 e. The van der Waals surface area contributed by atoms with E-state index in [9.17, 15) is 13.2 Å². The minimum absolute atomic E-state index is 0.183. The fourth-order valence-electron chi connectivity index (χ4n) is 3.14. The quantitative estimate of drug-likeness (QED) is 0.793. The highest BCUT2D eigenvalue weighted by Crippen LogP contribution is 2.27. The Morgan fingerprint density at radius 1 is 1.44 bits per heavy atom. The molecule has 1 atom stereocenters. The van der Waals surface area contributed by atoms with Gasteiger partial charge in [-0.25, -0.2) is 17.7 Å². The maximum absolute atomic E-state index is 12.5. The number of carbonyl (C=O) groups excluding carboxylic acids is 1. The summed E-state index contributed by atoms with van der Waals surface area (Å²) in [6.07, 6.45) is 4.92. The number of amides is 1. The number of halogens is 1. The number of sulfonamides is 1. The van der Waals surface area contributed by atoms with Crippen LogP contribution in [0.15, 0.2) is 24.4 Å². The van der Waals surface area contributed by atoms with Crippen LogP contribution in [0.5, 0.6) is 0 Å². The summed E-state index contributed by atoms with van der Waals surface area (Å²) in [6, 6.07) is 5.92. The van der Waals surface area contributed by atoms with Crippen LogP contribution in [-0.4, -0.2) is 43.0 Å². The van der Waals surface area contributed by atoms with Crippen LogP contribution >= 0.6 is 22.9 Å². The predicted molar refractivity (Wildman–Crippen MR) is 109 cm³/mol. The summed E-state index contributed by atoms with van der Waals surface area (Å²) in [5, 5.41) is 4.10. The summed E-state index contributed by atoms with van der Waals surface area (Å²) >= 11 is 7.75. The smallest absolute Gasteiger partial charge is 0.230 e. The molecule has 1 aliphatic rings. The Balaban J connectivity index is 1.63. The number of rotatable bonds is 5. The van der Waals surface area contributed by atoms with Gasteiger partial charge in [-0.3, -0.25) is 4.79 Å². The molecule has 1 aliphatic heterocycles. The zero-order valence-corrected chi connectivity index (χ0v) is 17.6. The summed E-state index contributed by atoms with van der Waals surface area (Å²) in [6.45, 7) is 2.66. The van der Waals surface area contributed by atoms with Gasteiger partial charge in [0.2, 0.25) is 15.9 Å². The molecule has 1 saturated heterocycles. The number of anilines is 1. The van der Waals surface area contributed by atoms with Crippen LogP contribution < -0.4 is 5.32 Å². The van der Waals surface area contributed by atoms with E-state index in [2.05, 4.69) is 10.3 Å². The minimum Gasteiger partial charge on any atom is -0.302 e. The number of aryl methyl sites for hydroxylation is 1. The van der Waals surface area contributed by atoms with Crippen LogP contribution in [-0.2, 0) is 21.2 Å². The van der Waals surface area contributed by atoms with Crippen molar-refractivity contribution < 1.29 is 13.2 Å². The van der Waals surface area contributed by atoms with E-state index in [0.29, 0.717) is 30.9 Å². The molecule has 0 radical (unpaired) electrons. The van der Waals surface area contributed by atoms with Gasteiger partial charge in [-0.15, -0.1) is 11.3 Å². The minimum atomic E-state index is -3.28. The number of nitrogens with one attached hydrogen (secondary N) is 1. The first-order valence-corrected chi connectivity index (χ1v) is 11.7. The number of hydrogen-bond acceptors (Lipinski definition) is 5. The number of benzene rings is 1. The van der Waals surface area contributed by atoms with E-state index in [1.165, 1.54) is 21.9 Å². The summed E-state index contributed by atoms with van der Waals surface area (Å²) in [5.41, 5.74) is 2.05. The molecular formula is C18H22ClN3O3S2. The van der Waals surface area contributed by atoms with Crippen LogP contribution in [0.2, 0.25) is 5.02 Å². The lowest BCUT2D eigenvalue weighted by Crippen LogP contribution is -2.43.